The highest BCUT2D eigenvalue weighted by molar-refractivity contribution is 9.10. The number of hydrogen-bond donors (Lipinski definition) is 1. The number of fused-ring (bicyclic) bond motifs is 1. The number of primary amides is 1. The summed E-state index contributed by atoms with van der Waals surface area (Å²) in [5.41, 5.74) is 7.01. The van der Waals surface area contributed by atoms with E-state index in [0.717, 1.165) is 14.9 Å². The summed E-state index contributed by atoms with van der Waals surface area (Å²) in [6, 6.07) is 15.1. The van der Waals surface area contributed by atoms with Gasteiger partial charge in [-0.15, -0.1) is 0 Å². The zero-order valence-corrected chi connectivity index (χ0v) is 13.2. The average molecular weight is 360 g/mol. The first-order chi connectivity index (χ1) is 10.1. The Balaban J connectivity index is 2.09. The van der Waals surface area contributed by atoms with Gasteiger partial charge in [0, 0.05) is 9.37 Å². The van der Waals surface area contributed by atoms with Gasteiger partial charge in [-0.25, -0.2) is 9.97 Å². The fourth-order valence-electron chi connectivity index (χ4n) is 1.83. The molecular weight excluding hydrogens is 350 g/mol. The molecule has 1 heterocycles. The summed E-state index contributed by atoms with van der Waals surface area (Å²) in [7, 11) is 0. The predicted molar refractivity (Wildman–Crippen MR) is 86.3 cm³/mol. The quantitative estimate of drug-likeness (QED) is 0.774. The lowest BCUT2D eigenvalue weighted by Crippen LogP contribution is -2.15. The lowest BCUT2D eigenvalue weighted by Gasteiger charge is -2.07. The summed E-state index contributed by atoms with van der Waals surface area (Å²) in [6.45, 7) is 0. The highest BCUT2D eigenvalue weighted by Gasteiger charge is 2.14. The van der Waals surface area contributed by atoms with Crippen molar-refractivity contribution in [1.82, 2.24) is 9.97 Å². The monoisotopic (exact) mass is 359 g/mol. The second-order valence-corrected chi connectivity index (χ2v) is 6.26. The molecule has 1 amide bonds. The lowest BCUT2D eigenvalue weighted by molar-refractivity contribution is 0.0992. The molecule has 4 nitrogen and oxygen atoms in total. The molecule has 0 radical (unpaired) electrons. The number of aromatic nitrogens is 2. The van der Waals surface area contributed by atoms with Crippen LogP contribution in [0, 0.1) is 0 Å². The first kappa shape index (κ1) is 14.0. The minimum atomic E-state index is -0.576. The minimum Gasteiger partial charge on any atom is -0.364 e. The molecule has 0 spiro atoms. The summed E-state index contributed by atoms with van der Waals surface area (Å²) in [5, 5.41) is 0.517. The van der Waals surface area contributed by atoms with E-state index in [0.29, 0.717) is 10.5 Å². The number of carbonyl (C=O) groups excluding carboxylic acids is 1. The van der Waals surface area contributed by atoms with Gasteiger partial charge in [0.05, 0.1) is 11.0 Å². The van der Waals surface area contributed by atoms with Crippen LogP contribution in [0.15, 0.2) is 62.9 Å². The van der Waals surface area contributed by atoms with Crippen LogP contribution in [0.3, 0.4) is 0 Å². The Hall–Kier alpha value is -1.92. The molecule has 0 aliphatic carbocycles. The van der Waals surface area contributed by atoms with Crippen LogP contribution in [0.1, 0.15) is 10.5 Å². The molecule has 0 unspecified atom stereocenters. The molecule has 0 aliphatic rings. The maximum Gasteiger partial charge on any atom is 0.270 e. The van der Waals surface area contributed by atoms with Gasteiger partial charge in [-0.2, -0.15) is 0 Å². The van der Waals surface area contributed by atoms with Crippen molar-refractivity contribution in [3.05, 3.63) is 58.7 Å². The molecule has 0 saturated heterocycles. The van der Waals surface area contributed by atoms with Gasteiger partial charge in [0.2, 0.25) is 0 Å². The van der Waals surface area contributed by atoms with Crippen LogP contribution in [0.25, 0.3) is 11.0 Å². The van der Waals surface area contributed by atoms with Gasteiger partial charge in [0.15, 0.2) is 5.69 Å². The number of halogens is 1. The van der Waals surface area contributed by atoms with Gasteiger partial charge < -0.3 is 5.73 Å². The molecule has 21 heavy (non-hydrogen) atoms. The molecule has 3 rings (SSSR count). The molecule has 6 heteroatoms. The van der Waals surface area contributed by atoms with Crippen LogP contribution in [0.2, 0.25) is 0 Å². The summed E-state index contributed by atoms with van der Waals surface area (Å²) in [6.07, 6.45) is 0. The largest absolute Gasteiger partial charge is 0.364 e. The average Bonchev–Trinajstić information content (AvgIpc) is 2.48. The second kappa shape index (κ2) is 5.83. The van der Waals surface area contributed by atoms with Gasteiger partial charge >= 0.3 is 0 Å². The van der Waals surface area contributed by atoms with Gasteiger partial charge in [-0.1, -0.05) is 39.8 Å². The summed E-state index contributed by atoms with van der Waals surface area (Å²) in [5.74, 6) is -0.576. The van der Waals surface area contributed by atoms with Crippen molar-refractivity contribution in [2.75, 3.05) is 0 Å². The zero-order chi connectivity index (χ0) is 14.8. The van der Waals surface area contributed by atoms with Gasteiger partial charge in [0.1, 0.15) is 5.03 Å². The van der Waals surface area contributed by atoms with Crippen LogP contribution in [0.4, 0.5) is 0 Å². The van der Waals surface area contributed by atoms with Crippen LogP contribution in [-0.4, -0.2) is 15.9 Å². The van der Waals surface area contributed by atoms with Crippen molar-refractivity contribution < 1.29 is 4.79 Å². The number of amides is 1. The summed E-state index contributed by atoms with van der Waals surface area (Å²) >= 11 is 4.76. The normalized spacial score (nSPS) is 10.7. The lowest BCUT2D eigenvalue weighted by atomic mass is 10.3. The predicted octanol–water partition coefficient (Wildman–Crippen LogP) is 3.64. The first-order valence-corrected chi connectivity index (χ1v) is 7.74. The maximum atomic E-state index is 11.6. The molecule has 2 aromatic carbocycles. The Kier molecular flexibility index (Phi) is 3.90. The van der Waals surface area contributed by atoms with Crippen molar-refractivity contribution in [2.45, 2.75) is 9.92 Å². The molecule has 1 aromatic heterocycles. The molecule has 2 N–H and O–H groups in total. The van der Waals surface area contributed by atoms with Gasteiger partial charge in [0.25, 0.3) is 5.91 Å². The fourth-order valence-corrected chi connectivity index (χ4v) is 2.98. The molecule has 3 aromatic rings. The van der Waals surface area contributed by atoms with Crippen molar-refractivity contribution in [2.24, 2.45) is 5.73 Å². The number of carbonyl (C=O) groups is 1. The third-order valence-electron chi connectivity index (χ3n) is 2.80. The van der Waals surface area contributed by atoms with Crippen LogP contribution >= 0.6 is 27.7 Å². The first-order valence-electron chi connectivity index (χ1n) is 6.13. The highest BCUT2D eigenvalue weighted by atomic mass is 79.9. The van der Waals surface area contributed by atoms with E-state index in [2.05, 4.69) is 25.9 Å². The van der Waals surface area contributed by atoms with E-state index < -0.39 is 5.91 Å². The Morgan fingerprint density at radius 2 is 1.62 bits per heavy atom. The third kappa shape index (κ3) is 3.06. The van der Waals surface area contributed by atoms with Crippen LogP contribution in [-0.2, 0) is 0 Å². The van der Waals surface area contributed by atoms with E-state index in [1.165, 1.54) is 11.8 Å². The van der Waals surface area contributed by atoms with E-state index in [1.54, 1.807) is 0 Å². The number of para-hydroxylation sites is 2. The smallest absolute Gasteiger partial charge is 0.270 e. The van der Waals surface area contributed by atoms with E-state index in [9.17, 15) is 4.79 Å². The Labute approximate surface area is 133 Å². The molecule has 0 saturated carbocycles. The number of nitrogens with zero attached hydrogens (tertiary/aromatic N) is 2. The van der Waals surface area contributed by atoms with E-state index in [4.69, 9.17) is 5.73 Å². The number of nitrogens with two attached hydrogens (primary N) is 1. The standard InChI is InChI=1S/C15H10BrN3OS/c16-9-5-7-10(8-6-9)21-15-13(14(17)20)18-11-3-1-2-4-12(11)19-15/h1-8H,(H2,17,20). The number of benzene rings is 2. The minimum absolute atomic E-state index is 0.196. The third-order valence-corrected chi connectivity index (χ3v) is 4.31. The SMILES string of the molecule is NC(=O)c1nc2ccccc2nc1Sc1ccc(Br)cc1. The molecule has 0 aliphatic heterocycles. The zero-order valence-electron chi connectivity index (χ0n) is 10.8. The summed E-state index contributed by atoms with van der Waals surface area (Å²) < 4.78 is 0.992. The molecule has 0 fully saturated rings. The fraction of sp³-hybridized carbons (Fsp3) is 0. The Morgan fingerprint density at radius 3 is 2.24 bits per heavy atom. The number of rotatable bonds is 3. The highest BCUT2D eigenvalue weighted by Crippen LogP contribution is 2.30. The van der Waals surface area contributed by atoms with Gasteiger partial charge in [-0.3, -0.25) is 4.79 Å². The van der Waals surface area contributed by atoms with E-state index in [1.807, 2.05) is 48.5 Å². The van der Waals surface area contributed by atoms with Crippen LogP contribution < -0.4 is 5.73 Å². The van der Waals surface area contributed by atoms with E-state index in [-0.39, 0.29) is 5.69 Å². The van der Waals surface area contributed by atoms with Crippen LogP contribution in [0.5, 0.6) is 0 Å². The molecule has 0 bridgehead atoms. The van der Waals surface area contributed by atoms with E-state index >= 15 is 0 Å². The Morgan fingerprint density at radius 1 is 1.00 bits per heavy atom. The maximum absolute atomic E-state index is 11.6. The van der Waals surface area contributed by atoms with Gasteiger partial charge in [-0.05, 0) is 36.4 Å². The Bertz CT molecular complexity index is 821. The molecule has 104 valence electrons. The second-order valence-electron chi connectivity index (χ2n) is 4.29. The van der Waals surface area contributed by atoms with Crippen molar-refractivity contribution in [3.63, 3.8) is 0 Å². The van der Waals surface area contributed by atoms with Crippen molar-refractivity contribution in [1.29, 1.82) is 0 Å². The van der Waals surface area contributed by atoms with Crippen molar-refractivity contribution >= 4 is 44.6 Å². The molecular formula is C15H10BrN3OS. The molecule has 0 atom stereocenters. The topological polar surface area (TPSA) is 68.9 Å². The number of hydrogen-bond acceptors (Lipinski definition) is 4. The van der Waals surface area contributed by atoms with Crippen molar-refractivity contribution in [3.8, 4) is 0 Å². The summed E-state index contributed by atoms with van der Waals surface area (Å²) in [4.78, 5) is 21.4.